The van der Waals surface area contributed by atoms with Crippen molar-refractivity contribution in [3.8, 4) is 0 Å². The van der Waals surface area contributed by atoms with Gasteiger partial charge in [-0.25, -0.2) is 5.01 Å². The number of hydrazone groups is 1. The number of hydrogen-bond acceptors (Lipinski definition) is 4. The van der Waals surface area contributed by atoms with Gasteiger partial charge in [0.05, 0.1) is 4.08 Å². The first-order valence-corrected chi connectivity index (χ1v) is 9.13. The number of thioether (sulfide) groups is 2. The molecule has 0 bridgehead atoms. The van der Waals surface area contributed by atoms with Crippen LogP contribution in [0.2, 0.25) is 0 Å². The van der Waals surface area contributed by atoms with E-state index in [4.69, 9.17) is 0 Å². The number of nitrogens with zero attached hydrogens (tertiary/aromatic N) is 2. The molecule has 2 aliphatic heterocycles. The van der Waals surface area contributed by atoms with E-state index in [0.717, 1.165) is 17.9 Å². The molecule has 8 heteroatoms. The van der Waals surface area contributed by atoms with Crippen LogP contribution in [-0.2, 0) is 4.79 Å². The molecule has 0 aromatic carbocycles. The Kier molecular flexibility index (Phi) is 4.26. The third-order valence-corrected chi connectivity index (χ3v) is 7.61. The van der Waals surface area contributed by atoms with Crippen LogP contribution in [0.4, 0.5) is 13.2 Å². The van der Waals surface area contributed by atoms with E-state index < -0.39 is 23.7 Å². The minimum Gasteiger partial charge on any atom is -0.272 e. The van der Waals surface area contributed by atoms with Crippen molar-refractivity contribution in [1.82, 2.24) is 5.01 Å². The van der Waals surface area contributed by atoms with Gasteiger partial charge < -0.3 is 0 Å². The summed E-state index contributed by atoms with van der Waals surface area (Å²) in [6.45, 7) is 0. The van der Waals surface area contributed by atoms with Crippen LogP contribution in [0, 0.1) is 5.92 Å². The van der Waals surface area contributed by atoms with Crippen LogP contribution in [0.5, 0.6) is 0 Å². The van der Waals surface area contributed by atoms with Crippen LogP contribution < -0.4 is 0 Å². The summed E-state index contributed by atoms with van der Waals surface area (Å²) in [5, 5.41) is 6.03. The first kappa shape index (κ1) is 16.2. The summed E-state index contributed by atoms with van der Waals surface area (Å²) in [5.41, 5.74) is -0.441. The summed E-state index contributed by atoms with van der Waals surface area (Å²) in [7, 11) is 1.28. The zero-order valence-electron chi connectivity index (χ0n) is 12.2. The minimum absolute atomic E-state index is 0.102. The Morgan fingerprint density at radius 3 is 2.55 bits per heavy atom. The highest BCUT2D eigenvalue weighted by Gasteiger charge is 2.51. The number of hydrogen-bond donors (Lipinski definition) is 0. The fourth-order valence-electron chi connectivity index (χ4n) is 3.10. The smallest absolute Gasteiger partial charge is 0.272 e. The molecule has 2 heterocycles. The molecule has 0 aromatic heterocycles. The summed E-state index contributed by atoms with van der Waals surface area (Å²) in [6, 6.07) is 0. The number of halogens is 3. The van der Waals surface area contributed by atoms with Gasteiger partial charge in [0.1, 0.15) is 5.92 Å². The average Bonchev–Trinajstić information content (AvgIpc) is 2.77. The Labute approximate surface area is 135 Å². The van der Waals surface area contributed by atoms with Gasteiger partial charge in [-0.15, -0.1) is 23.5 Å². The number of alkyl halides is 3. The van der Waals surface area contributed by atoms with Gasteiger partial charge in [-0.2, -0.15) is 18.3 Å². The summed E-state index contributed by atoms with van der Waals surface area (Å²) in [5.74, 6) is -1.36. The lowest BCUT2D eigenvalue weighted by Gasteiger charge is -2.38. The molecule has 1 spiro atoms. The second-order valence-electron chi connectivity index (χ2n) is 5.85. The van der Waals surface area contributed by atoms with Gasteiger partial charge in [0, 0.05) is 12.8 Å². The molecule has 1 fully saturated rings. The molecule has 3 aliphatic rings. The maximum absolute atomic E-state index is 13.1. The third-order valence-electron chi connectivity index (χ3n) is 4.30. The Morgan fingerprint density at radius 2 is 2.00 bits per heavy atom. The standard InChI is InChI=1S/C14H17F3N2OS2/c1-19-12(20)10(11(18-19)14(15,16)17)9-7-21-13(22-8-9)5-3-2-4-6-13/h7,10H,2-6,8H2,1H3. The zero-order valence-corrected chi connectivity index (χ0v) is 13.8. The highest BCUT2D eigenvalue weighted by Crippen LogP contribution is 2.53. The normalized spacial score (nSPS) is 28.8. The predicted octanol–water partition coefficient (Wildman–Crippen LogP) is 4.02. The summed E-state index contributed by atoms with van der Waals surface area (Å²) < 4.78 is 39.4. The van der Waals surface area contributed by atoms with Crippen molar-refractivity contribution in [1.29, 1.82) is 0 Å². The van der Waals surface area contributed by atoms with E-state index in [-0.39, 0.29) is 4.08 Å². The number of carbonyl (C=O) groups excluding carboxylic acids is 1. The van der Waals surface area contributed by atoms with E-state index in [1.54, 1.807) is 28.9 Å². The van der Waals surface area contributed by atoms with Crippen molar-refractivity contribution < 1.29 is 18.0 Å². The van der Waals surface area contributed by atoms with Crippen LogP contribution in [0.1, 0.15) is 32.1 Å². The fourth-order valence-corrected chi connectivity index (χ4v) is 6.16. The van der Waals surface area contributed by atoms with Crippen LogP contribution in [0.25, 0.3) is 0 Å². The first-order valence-electron chi connectivity index (χ1n) is 7.26. The van der Waals surface area contributed by atoms with Gasteiger partial charge in [-0.3, -0.25) is 4.79 Å². The summed E-state index contributed by atoms with van der Waals surface area (Å²) in [6.07, 6.45) is 1.18. The molecule has 1 aliphatic carbocycles. The molecule has 1 amide bonds. The third kappa shape index (κ3) is 2.91. The highest BCUT2D eigenvalue weighted by molar-refractivity contribution is 8.20. The second-order valence-corrected chi connectivity index (χ2v) is 8.72. The Bertz CT molecular complexity index is 539. The van der Waals surface area contributed by atoms with Crippen LogP contribution in [-0.4, -0.2) is 39.7 Å². The van der Waals surface area contributed by atoms with E-state index in [0.29, 0.717) is 11.3 Å². The van der Waals surface area contributed by atoms with Crippen LogP contribution in [0.3, 0.4) is 0 Å². The molecule has 0 N–H and O–H groups in total. The number of amides is 1. The van der Waals surface area contributed by atoms with Crippen molar-refractivity contribution in [2.24, 2.45) is 11.0 Å². The molecule has 1 atom stereocenters. The lowest BCUT2D eigenvalue weighted by molar-refractivity contribution is -0.130. The summed E-state index contributed by atoms with van der Waals surface area (Å²) >= 11 is 3.30. The lowest BCUT2D eigenvalue weighted by atomic mass is 9.95. The Balaban J connectivity index is 1.82. The molecule has 1 unspecified atom stereocenters. The maximum Gasteiger partial charge on any atom is 0.432 e. The largest absolute Gasteiger partial charge is 0.432 e. The van der Waals surface area contributed by atoms with Gasteiger partial charge in [0.2, 0.25) is 0 Å². The number of rotatable bonds is 1. The number of carbonyl (C=O) groups is 1. The van der Waals surface area contributed by atoms with Crippen molar-refractivity contribution >= 4 is 35.1 Å². The Morgan fingerprint density at radius 1 is 1.32 bits per heavy atom. The maximum atomic E-state index is 13.1. The van der Waals surface area contributed by atoms with E-state index in [1.807, 2.05) is 0 Å². The zero-order chi connectivity index (χ0) is 16.0. The van der Waals surface area contributed by atoms with E-state index in [9.17, 15) is 18.0 Å². The molecular formula is C14H17F3N2OS2. The minimum atomic E-state index is -4.57. The molecule has 22 heavy (non-hydrogen) atoms. The van der Waals surface area contributed by atoms with Crippen molar-refractivity contribution in [3.05, 3.63) is 11.0 Å². The van der Waals surface area contributed by atoms with Crippen molar-refractivity contribution in [2.75, 3.05) is 12.8 Å². The van der Waals surface area contributed by atoms with Crippen molar-refractivity contribution in [2.45, 2.75) is 42.4 Å². The van der Waals surface area contributed by atoms with Gasteiger partial charge >= 0.3 is 6.18 Å². The SMILES string of the molecule is CN1N=C(C(F)(F)F)C(C2=CSC3(CCCCC3)SC2)C1=O. The van der Waals surface area contributed by atoms with E-state index in [2.05, 4.69) is 5.10 Å². The molecule has 3 nitrogen and oxygen atoms in total. The second kappa shape index (κ2) is 5.78. The molecule has 0 radical (unpaired) electrons. The predicted molar refractivity (Wildman–Crippen MR) is 83.7 cm³/mol. The van der Waals surface area contributed by atoms with E-state index >= 15 is 0 Å². The lowest BCUT2D eigenvalue weighted by Crippen LogP contribution is -2.36. The van der Waals surface area contributed by atoms with Gasteiger partial charge in [0.15, 0.2) is 5.71 Å². The first-order chi connectivity index (χ1) is 10.3. The molecular weight excluding hydrogens is 333 g/mol. The topological polar surface area (TPSA) is 32.7 Å². The van der Waals surface area contributed by atoms with Crippen molar-refractivity contribution in [3.63, 3.8) is 0 Å². The summed E-state index contributed by atoms with van der Waals surface area (Å²) in [4.78, 5) is 12.1. The van der Waals surface area contributed by atoms with E-state index in [1.165, 1.54) is 26.3 Å². The highest BCUT2D eigenvalue weighted by atomic mass is 32.2. The quantitative estimate of drug-likeness (QED) is 0.716. The molecule has 122 valence electrons. The molecule has 1 saturated carbocycles. The average molecular weight is 350 g/mol. The van der Waals surface area contributed by atoms with Crippen LogP contribution >= 0.6 is 23.5 Å². The molecule has 0 saturated heterocycles. The molecule has 3 rings (SSSR count). The van der Waals surface area contributed by atoms with Gasteiger partial charge in [-0.1, -0.05) is 19.3 Å². The van der Waals surface area contributed by atoms with Gasteiger partial charge in [-0.05, 0) is 23.8 Å². The van der Waals surface area contributed by atoms with Gasteiger partial charge in [0.25, 0.3) is 5.91 Å². The monoisotopic (exact) mass is 350 g/mol. The Hall–Kier alpha value is -0.630. The molecule has 0 aromatic rings. The van der Waals surface area contributed by atoms with Crippen LogP contribution in [0.15, 0.2) is 16.1 Å². The fraction of sp³-hybridized carbons (Fsp3) is 0.714.